The molecular formula is C15H16ClN7. The molecule has 4 heterocycles. The molecule has 0 unspecified atom stereocenters. The molecule has 0 spiro atoms. The lowest BCUT2D eigenvalue weighted by Crippen LogP contribution is -2.46. The van der Waals surface area contributed by atoms with Crippen molar-refractivity contribution >= 4 is 28.6 Å². The van der Waals surface area contributed by atoms with E-state index in [1.807, 2.05) is 18.3 Å². The number of nitrogens with one attached hydrogen (secondary N) is 1. The van der Waals surface area contributed by atoms with Gasteiger partial charge in [0.1, 0.15) is 17.0 Å². The Morgan fingerprint density at radius 2 is 1.91 bits per heavy atom. The molecule has 0 bridgehead atoms. The zero-order valence-corrected chi connectivity index (χ0v) is 13.2. The minimum atomic E-state index is 0.533. The fourth-order valence-electron chi connectivity index (χ4n) is 2.87. The maximum absolute atomic E-state index is 5.83. The van der Waals surface area contributed by atoms with Crippen LogP contribution in [0.4, 0.5) is 5.82 Å². The summed E-state index contributed by atoms with van der Waals surface area (Å²) in [6.45, 7) is 4.68. The highest BCUT2D eigenvalue weighted by atomic mass is 35.5. The number of aromatic nitrogens is 5. The Hall–Kier alpha value is -2.25. The standard InChI is InChI=1S/C15H16ClN7/c16-12-2-1-11(7-17-12)8-22-3-5-23(6-4-22)15-13-14(19-9-18-13)20-10-21-15/h1-2,7,9-10H,3-6,8H2,(H,18,19,20,21). The van der Waals surface area contributed by atoms with Gasteiger partial charge in [-0.05, 0) is 11.6 Å². The zero-order valence-electron chi connectivity index (χ0n) is 12.5. The fraction of sp³-hybridized carbons (Fsp3) is 0.333. The van der Waals surface area contributed by atoms with E-state index in [-0.39, 0.29) is 0 Å². The molecule has 0 atom stereocenters. The summed E-state index contributed by atoms with van der Waals surface area (Å²) in [5.74, 6) is 0.931. The van der Waals surface area contributed by atoms with Gasteiger partial charge in [0.25, 0.3) is 0 Å². The quantitative estimate of drug-likeness (QED) is 0.738. The van der Waals surface area contributed by atoms with Crippen molar-refractivity contribution in [2.45, 2.75) is 6.54 Å². The minimum Gasteiger partial charge on any atom is -0.352 e. The largest absolute Gasteiger partial charge is 0.352 e. The van der Waals surface area contributed by atoms with Crippen LogP contribution in [0.15, 0.2) is 31.0 Å². The summed E-state index contributed by atoms with van der Waals surface area (Å²) < 4.78 is 0. The number of halogens is 1. The molecule has 23 heavy (non-hydrogen) atoms. The number of hydrogen-bond acceptors (Lipinski definition) is 6. The molecular weight excluding hydrogens is 314 g/mol. The maximum Gasteiger partial charge on any atom is 0.182 e. The number of imidazole rings is 1. The lowest BCUT2D eigenvalue weighted by Gasteiger charge is -2.35. The Bertz CT molecular complexity index is 793. The minimum absolute atomic E-state index is 0.533. The highest BCUT2D eigenvalue weighted by molar-refractivity contribution is 6.29. The third-order valence-corrected chi connectivity index (χ3v) is 4.29. The van der Waals surface area contributed by atoms with E-state index in [0.717, 1.165) is 44.1 Å². The first kappa shape index (κ1) is 14.3. The van der Waals surface area contributed by atoms with E-state index >= 15 is 0 Å². The molecule has 118 valence electrons. The molecule has 0 amide bonds. The van der Waals surface area contributed by atoms with Crippen LogP contribution in [0, 0.1) is 0 Å². The van der Waals surface area contributed by atoms with Crippen molar-refractivity contribution in [1.82, 2.24) is 29.8 Å². The van der Waals surface area contributed by atoms with Gasteiger partial charge >= 0.3 is 0 Å². The number of fused-ring (bicyclic) bond motifs is 1. The predicted octanol–water partition coefficient (Wildman–Crippen LogP) is 1.72. The van der Waals surface area contributed by atoms with Gasteiger partial charge in [0.05, 0.1) is 6.33 Å². The number of aromatic amines is 1. The Morgan fingerprint density at radius 3 is 2.70 bits per heavy atom. The first-order chi connectivity index (χ1) is 11.3. The molecule has 0 aromatic carbocycles. The Morgan fingerprint density at radius 1 is 1.04 bits per heavy atom. The molecule has 3 aromatic heterocycles. The van der Waals surface area contributed by atoms with Gasteiger partial charge in [-0.1, -0.05) is 17.7 Å². The number of anilines is 1. The van der Waals surface area contributed by atoms with Gasteiger partial charge in [0, 0.05) is 38.9 Å². The molecule has 1 aliphatic rings. The predicted molar refractivity (Wildman–Crippen MR) is 88.4 cm³/mol. The average molecular weight is 330 g/mol. The number of hydrogen-bond donors (Lipinski definition) is 1. The van der Waals surface area contributed by atoms with Crippen LogP contribution >= 0.6 is 11.6 Å². The number of piperazine rings is 1. The summed E-state index contributed by atoms with van der Waals surface area (Å²) in [7, 11) is 0. The summed E-state index contributed by atoms with van der Waals surface area (Å²) in [5.41, 5.74) is 2.80. The summed E-state index contributed by atoms with van der Waals surface area (Å²) >= 11 is 5.83. The lowest BCUT2D eigenvalue weighted by molar-refractivity contribution is 0.249. The molecule has 8 heteroatoms. The van der Waals surface area contributed by atoms with Gasteiger partial charge in [-0.3, -0.25) is 4.90 Å². The second-order valence-electron chi connectivity index (χ2n) is 5.55. The molecule has 1 saturated heterocycles. The topological polar surface area (TPSA) is 73.8 Å². The molecule has 7 nitrogen and oxygen atoms in total. The molecule has 3 aromatic rings. The van der Waals surface area contributed by atoms with Crippen LogP contribution in [0.3, 0.4) is 0 Å². The average Bonchev–Trinajstić information content (AvgIpc) is 3.06. The molecule has 4 rings (SSSR count). The number of H-pyrrole nitrogens is 1. The van der Waals surface area contributed by atoms with Gasteiger partial charge < -0.3 is 9.88 Å². The second-order valence-corrected chi connectivity index (χ2v) is 5.94. The number of rotatable bonds is 3. The van der Waals surface area contributed by atoms with Crippen LogP contribution in [0.25, 0.3) is 11.2 Å². The van der Waals surface area contributed by atoms with Gasteiger partial charge in [-0.25, -0.2) is 19.9 Å². The molecule has 1 N–H and O–H groups in total. The van der Waals surface area contributed by atoms with Gasteiger partial charge in [0.15, 0.2) is 11.5 Å². The maximum atomic E-state index is 5.83. The number of nitrogens with zero attached hydrogens (tertiary/aromatic N) is 6. The van der Waals surface area contributed by atoms with E-state index in [9.17, 15) is 0 Å². The number of pyridine rings is 1. The highest BCUT2D eigenvalue weighted by Crippen LogP contribution is 2.21. The van der Waals surface area contributed by atoms with Crippen molar-refractivity contribution in [3.8, 4) is 0 Å². The summed E-state index contributed by atoms with van der Waals surface area (Å²) in [4.78, 5) is 24.7. The summed E-state index contributed by atoms with van der Waals surface area (Å²) in [5, 5.41) is 0.533. The third kappa shape index (κ3) is 2.97. The van der Waals surface area contributed by atoms with Gasteiger partial charge in [-0.15, -0.1) is 0 Å². The van der Waals surface area contributed by atoms with Crippen molar-refractivity contribution in [3.05, 3.63) is 41.7 Å². The second kappa shape index (κ2) is 6.10. The van der Waals surface area contributed by atoms with Crippen LogP contribution in [0.5, 0.6) is 0 Å². The van der Waals surface area contributed by atoms with E-state index in [2.05, 4.69) is 34.7 Å². The first-order valence-corrected chi connectivity index (χ1v) is 7.89. The highest BCUT2D eigenvalue weighted by Gasteiger charge is 2.20. The van der Waals surface area contributed by atoms with Crippen molar-refractivity contribution in [2.24, 2.45) is 0 Å². The molecule has 0 saturated carbocycles. The van der Waals surface area contributed by atoms with E-state index in [4.69, 9.17) is 11.6 Å². The van der Waals surface area contributed by atoms with Crippen LogP contribution in [-0.4, -0.2) is 56.0 Å². The lowest BCUT2D eigenvalue weighted by atomic mass is 10.2. The Labute approximate surface area is 138 Å². The van der Waals surface area contributed by atoms with E-state index in [1.54, 1.807) is 12.7 Å². The van der Waals surface area contributed by atoms with Crippen LogP contribution in [0.2, 0.25) is 5.15 Å². The molecule has 0 radical (unpaired) electrons. The molecule has 1 fully saturated rings. The van der Waals surface area contributed by atoms with E-state index < -0.39 is 0 Å². The van der Waals surface area contributed by atoms with Crippen molar-refractivity contribution in [1.29, 1.82) is 0 Å². The van der Waals surface area contributed by atoms with E-state index in [0.29, 0.717) is 10.8 Å². The molecule has 1 aliphatic heterocycles. The summed E-state index contributed by atoms with van der Waals surface area (Å²) in [6.07, 6.45) is 5.07. The van der Waals surface area contributed by atoms with Gasteiger partial charge in [0.2, 0.25) is 0 Å². The van der Waals surface area contributed by atoms with Crippen LogP contribution < -0.4 is 4.90 Å². The first-order valence-electron chi connectivity index (χ1n) is 7.51. The van der Waals surface area contributed by atoms with Crippen molar-refractivity contribution in [3.63, 3.8) is 0 Å². The normalized spacial score (nSPS) is 16.1. The molecule has 0 aliphatic carbocycles. The van der Waals surface area contributed by atoms with Crippen LogP contribution in [0.1, 0.15) is 5.56 Å². The Kier molecular flexibility index (Phi) is 3.80. The monoisotopic (exact) mass is 329 g/mol. The SMILES string of the molecule is Clc1ccc(CN2CCN(c3ncnc4nc[nH]c34)CC2)cn1. The fourth-order valence-corrected chi connectivity index (χ4v) is 2.98. The van der Waals surface area contributed by atoms with E-state index in [1.165, 1.54) is 5.56 Å². The van der Waals surface area contributed by atoms with Crippen LogP contribution in [-0.2, 0) is 6.54 Å². The van der Waals surface area contributed by atoms with Crippen molar-refractivity contribution in [2.75, 3.05) is 31.1 Å². The van der Waals surface area contributed by atoms with Gasteiger partial charge in [-0.2, -0.15) is 0 Å². The van der Waals surface area contributed by atoms with Crippen molar-refractivity contribution < 1.29 is 0 Å². The summed E-state index contributed by atoms with van der Waals surface area (Å²) in [6, 6.07) is 3.86. The zero-order chi connectivity index (χ0) is 15.6. The Balaban J connectivity index is 1.43. The smallest absolute Gasteiger partial charge is 0.182 e. The third-order valence-electron chi connectivity index (χ3n) is 4.07.